The lowest BCUT2D eigenvalue weighted by Crippen LogP contribution is -2.36. The van der Waals surface area contributed by atoms with Crippen LogP contribution in [0, 0.1) is 11.8 Å². The maximum atomic E-state index is 4.65. The second kappa shape index (κ2) is 5.88. The van der Waals surface area contributed by atoms with Gasteiger partial charge in [0.05, 0.1) is 5.69 Å². The summed E-state index contributed by atoms with van der Waals surface area (Å²) in [7, 11) is 2.02. The van der Waals surface area contributed by atoms with Crippen LogP contribution in [-0.4, -0.2) is 15.8 Å². The largest absolute Gasteiger partial charge is 0.310 e. The van der Waals surface area contributed by atoms with Crippen LogP contribution < -0.4 is 5.32 Å². The van der Waals surface area contributed by atoms with Gasteiger partial charge < -0.3 is 5.32 Å². The summed E-state index contributed by atoms with van der Waals surface area (Å²) in [6, 6.07) is 0.668. The van der Waals surface area contributed by atoms with Gasteiger partial charge in [-0.05, 0) is 31.1 Å². The molecule has 0 amide bonds. The highest BCUT2D eigenvalue weighted by atomic mass is 15.3. The van der Waals surface area contributed by atoms with E-state index >= 15 is 0 Å². The Morgan fingerprint density at radius 3 is 2.35 bits per heavy atom. The Hall–Kier alpha value is -0.830. The summed E-state index contributed by atoms with van der Waals surface area (Å²) in [5.74, 6) is 1.71. The van der Waals surface area contributed by atoms with Crippen LogP contribution in [0.1, 0.15) is 65.1 Å². The van der Waals surface area contributed by atoms with E-state index in [1.54, 1.807) is 0 Å². The first kappa shape index (κ1) is 15.6. The number of rotatable bonds is 3. The van der Waals surface area contributed by atoms with Crippen molar-refractivity contribution in [1.29, 1.82) is 0 Å². The zero-order chi connectivity index (χ0) is 14.9. The Morgan fingerprint density at radius 2 is 1.80 bits per heavy atom. The van der Waals surface area contributed by atoms with Crippen LogP contribution in [-0.2, 0) is 19.0 Å². The zero-order valence-corrected chi connectivity index (χ0v) is 14.0. The maximum Gasteiger partial charge on any atom is 0.0722 e. The molecule has 0 spiro atoms. The van der Waals surface area contributed by atoms with Crippen LogP contribution in [0.15, 0.2) is 6.20 Å². The quantitative estimate of drug-likeness (QED) is 0.914. The molecule has 2 unspecified atom stereocenters. The Bertz CT molecular complexity index is 432. The summed E-state index contributed by atoms with van der Waals surface area (Å²) in [5.41, 5.74) is 2.70. The number of hydrogen-bond acceptors (Lipinski definition) is 2. The first-order valence-electron chi connectivity index (χ1n) is 8.02. The van der Waals surface area contributed by atoms with Crippen molar-refractivity contribution in [3.05, 3.63) is 17.5 Å². The fourth-order valence-corrected chi connectivity index (χ4v) is 3.67. The molecule has 0 aromatic carbocycles. The van der Waals surface area contributed by atoms with Gasteiger partial charge in [-0.25, -0.2) is 0 Å². The number of aromatic nitrogens is 2. The predicted octanol–water partition coefficient (Wildman–Crippen LogP) is 3.63. The second-order valence-corrected chi connectivity index (χ2v) is 7.92. The summed E-state index contributed by atoms with van der Waals surface area (Å²) < 4.78 is 1.95. The van der Waals surface area contributed by atoms with Crippen LogP contribution in [0.3, 0.4) is 0 Å². The molecule has 2 atom stereocenters. The number of aryl methyl sites for hydroxylation is 1. The molecule has 0 aliphatic heterocycles. The Morgan fingerprint density at radius 1 is 1.20 bits per heavy atom. The first-order chi connectivity index (χ1) is 9.25. The molecule has 2 rings (SSSR count). The summed E-state index contributed by atoms with van der Waals surface area (Å²) in [4.78, 5) is 0. The van der Waals surface area contributed by atoms with E-state index < -0.39 is 0 Å². The molecule has 1 heterocycles. The van der Waals surface area contributed by atoms with Crippen LogP contribution in [0.25, 0.3) is 0 Å². The Kier molecular flexibility index (Phi) is 4.58. The van der Waals surface area contributed by atoms with E-state index in [0.717, 1.165) is 18.4 Å². The van der Waals surface area contributed by atoms with E-state index in [1.165, 1.54) is 30.5 Å². The molecule has 1 aromatic rings. The minimum absolute atomic E-state index is 0.116. The minimum atomic E-state index is 0.116. The standard InChI is InChI=1S/C17H31N3/c1-12-7-13(2)9-15(8-12)18-10-14-11-20(6)19-16(14)17(3,4)5/h11-13,15,18H,7-10H2,1-6H3. The highest BCUT2D eigenvalue weighted by molar-refractivity contribution is 5.24. The van der Waals surface area contributed by atoms with Crippen molar-refractivity contribution in [3.63, 3.8) is 0 Å². The molecule has 1 N–H and O–H groups in total. The van der Waals surface area contributed by atoms with Crippen molar-refractivity contribution in [2.45, 2.75) is 71.9 Å². The minimum Gasteiger partial charge on any atom is -0.310 e. The van der Waals surface area contributed by atoms with Crippen molar-refractivity contribution >= 4 is 0 Å². The van der Waals surface area contributed by atoms with Crippen LogP contribution in [0.5, 0.6) is 0 Å². The summed E-state index contributed by atoms with van der Waals surface area (Å²) in [5, 5.41) is 8.42. The average molecular weight is 277 g/mol. The summed E-state index contributed by atoms with van der Waals surface area (Å²) in [6.45, 7) is 12.4. The van der Waals surface area contributed by atoms with Gasteiger partial charge in [0, 0.05) is 36.8 Å². The van der Waals surface area contributed by atoms with Crippen molar-refractivity contribution in [3.8, 4) is 0 Å². The molecule has 1 aliphatic rings. The van der Waals surface area contributed by atoms with Crippen molar-refractivity contribution in [1.82, 2.24) is 15.1 Å². The van der Waals surface area contributed by atoms with E-state index in [-0.39, 0.29) is 5.41 Å². The normalized spacial score (nSPS) is 27.8. The number of hydrogen-bond donors (Lipinski definition) is 1. The van der Waals surface area contributed by atoms with E-state index in [9.17, 15) is 0 Å². The summed E-state index contributed by atoms with van der Waals surface area (Å²) >= 11 is 0. The van der Waals surface area contributed by atoms with E-state index in [0.29, 0.717) is 6.04 Å². The second-order valence-electron chi connectivity index (χ2n) is 7.92. The first-order valence-corrected chi connectivity index (χ1v) is 8.02. The molecule has 0 radical (unpaired) electrons. The smallest absolute Gasteiger partial charge is 0.0722 e. The van der Waals surface area contributed by atoms with Crippen molar-refractivity contribution in [2.75, 3.05) is 0 Å². The third kappa shape index (κ3) is 3.85. The van der Waals surface area contributed by atoms with Gasteiger partial charge in [0.1, 0.15) is 0 Å². The molecule has 20 heavy (non-hydrogen) atoms. The van der Waals surface area contributed by atoms with E-state index in [2.05, 4.69) is 51.2 Å². The fourth-order valence-electron chi connectivity index (χ4n) is 3.67. The third-order valence-corrected chi connectivity index (χ3v) is 4.37. The molecule has 1 fully saturated rings. The lowest BCUT2D eigenvalue weighted by Gasteiger charge is -2.32. The van der Waals surface area contributed by atoms with Gasteiger partial charge >= 0.3 is 0 Å². The molecule has 1 aromatic heterocycles. The zero-order valence-electron chi connectivity index (χ0n) is 14.0. The predicted molar refractivity (Wildman–Crippen MR) is 84.7 cm³/mol. The molecule has 0 bridgehead atoms. The topological polar surface area (TPSA) is 29.9 Å². The van der Waals surface area contributed by atoms with Gasteiger partial charge in [-0.15, -0.1) is 0 Å². The fraction of sp³-hybridized carbons (Fsp3) is 0.824. The van der Waals surface area contributed by atoms with Gasteiger partial charge in [0.25, 0.3) is 0 Å². The van der Waals surface area contributed by atoms with E-state index in [1.807, 2.05) is 11.7 Å². The van der Waals surface area contributed by atoms with Crippen LogP contribution in [0.2, 0.25) is 0 Å². The maximum absolute atomic E-state index is 4.65. The van der Waals surface area contributed by atoms with Crippen molar-refractivity contribution in [2.24, 2.45) is 18.9 Å². The van der Waals surface area contributed by atoms with Gasteiger partial charge in [0.2, 0.25) is 0 Å². The van der Waals surface area contributed by atoms with Gasteiger partial charge in [0.15, 0.2) is 0 Å². The lowest BCUT2D eigenvalue weighted by atomic mass is 9.80. The van der Waals surface area contributed by atoms with Gasteiger partial charge in [-0.3, -0.25) is 4.68 Å². The van der Waals surface area contributed by atoms with Crippen molar-refractivity contribution < 1.29 is 0 Å². The lowest BCUT2D eigenvalue weighted by molar-refractivity contribution is 0.238. The van der Waals surface area contributed by atoms with Crippen LogP contribution in [0.4, 0.5) is 0 Å². The molecule has 114 valence electrons. The van der Waals surface area contributed by atoms with Gasteiger partial charge in [-0.1, -0.05) is 34.6 Å². The highest BCUT2D eigenvalue weighted by Gasteiger charge is 2.25. The molecule has 0 saturated heterocycles. The number of nitrogens with zero attached hydrogens (tertiary/aromatic N) is 2. The molecule has 3 heteroatoms. The molecular weight excluding hydrogens is 246 g/mol. The highest BCUT2D eigenvalue weighted by Crippen LogP contribution is 2.29. The van der Waals surface area contributed by atoms with E-state index in [4.69, 9.17) is 0 Å². The third-order valence-electron chi connectivity index (χ3n) is 4.37. The molecule has 1 saturated carbocycles. The molecular formula is C17H31N3. The molecule has 1 aliphatic carbocycles. The molecule has 3 nitrogen and oxygen atoms in total. The number of nitrogens with one attached hydrogen (secondary N) is 1. The monoisotopic (exact) mass is 277 g/mol. The summed E-state index contributed by atoms with van der Waals surface area (Å²) in [6.07, 6.45) is 6.19. The average Bonchev–Trinajstić information content (AvgIpc) is 2.66. The Labute approximate surface area is 124 Å². The van der Waals surface area contributed by atoms with Crippen LogP contribution >= 0.6 is 0 Å². The SMILES string of the molecule is CC1CC(C)CC(NCc2cn(C)nc2C(C)(C)C)C1. The Balaban J connectivity index is 2.00. The van der Waals surface area contributed by atoms with Gasteiger partial charge in [-0.2, -0.15) is 5.10 Å².